The maximum absolute atomic E-state index is 12.1. The molecule has 0 unspecified atom stereocenters. The Morgan fingerprint density at radius 3 is 2.28 bits per heavy atom. The normalized spacial score (nSPS) is 14.5. The molecule has 29 heavy (non-hydrogen) atoms. The zero-order valence-corrected chi connectivity index (χ0v) is 18.4. The Morgan fingerprint density at radius 1 is 0.966 bits per heavy atom. The van der Waals surface area contributed by atoms with Crippen molar-refractivity contribution in [1.29, 1.82) is 0 Å². The van der Waals surface area contributed by atoms with E-state index in [4.69, 9.17) is 16.3 Å². The molecule has 7 nitrogen and oxygen atoms in total. The number of piperazine rings is 1. The van der Waals surface area contributed by atoms with Gasteiger partial charge in [0.15, 0.2) is 0 Å². The highest BCUT2D eigenvalue weighted by atomic mass is 35.5. The highest BCUT2D eigenvalue weighted by molar-refractivity contribution is 6.30. The van der Waals surface area contributed by atoms with Gasteiger partial charge in [-0.2, -0.15) is 0 Å². The minimum atomic E-state index is -0.286. The molecule has 1 fully saturated rings. The zero-order chi connectivity index (χ0) is 20.1. The number of nitrogens with zero attached hydrogens (tertiary/aromatic N) is 4. The van der Waals surface area contributed by atoms with Gasteiger partial charge in [-0.3, -0.25) is 18.8 Å². The molecule has 9 heteroatoms. The predicted octanol–water partition coefficient (Wildman–Crippen LogP) is 2.14. The van der Waals surface area contributed by atoms with Crippen LogP contribution in [0.2, 0.25) is 5.02 Å². The van der Waals surface area contributed by atoms with Crippen LogP contribution in [-0.4, -0.2) is 53.4 Å². The lowest BCUT2D eigenvalue weighted by Crippen LogP contribution is -2.49. The Hall–Kier alpha value is -1.96. The molecule has 0 N–H and O–H groups in total. The van der Waals surface area contributed by atoms with Crippen LogP contribution in [0.3, 0.4) is 0 Å². The third-order valence-electron chi connectivity index (χ3n) is 5.15. The molecular formula is C20H28Cl2N4O3. The van der Waals surface area contributed by atoms with E-state index in [1.165, 1.54) is 7.05 Å². The highest BCUT2D eigenvalue weighted by Crippen LogP contribution is 2.16. The smallest absolute Gasteiger partial charge is 0.332 e. The molecule has 1 aliphatic rings. The van der Waals surface area contributed by atoms with Crippen LogP contribution in [0.15, 0.2) is 39.9 Å². The van der Waals surface area contributed by atoms with E-state index in [2.05, 4.69) is 9.80 Å². The van der Waals surface area contributed by atoms with Crippen LogP contribution in [-0.2, 0) is 14.1 Å². The summed E-state index contributed by atoms with van der Waals surface area (Å²) >= 11 is 5.86. The van der Waals surface area contributed by atoms with E-state index in [0.717, 1.165) is 55.9 Å². The van der Waals surface area contributed by atoms with Gasteiger partial charge in [-0.15, -0.1) is 12.4 Å². The topological polar surface area (TPSA) is 59.7 Å². The van der Waals surface area contributed by atoms with Crippen molar-refractivity contribution in [2.24, 2.45) is 14.1 Å². The first-order valence-electron chi connectivity index (χ1n) is 9.58. The Labute approximate surface area is 181 Å². The standard InChI is InChI=1S/C20H27ClN4O3.ClH/c1-22-18(15-19(26)23(2)20(22)27)25-12-10-24(11-13-25)9-3-4-14-28-17-7-5-16(21)6-8-17;/h5-8,15H,3-4,9-14H2,1-2H3;1H. The first kappa shape index (κ1) is 23.3. The van der Waals surface area contributed by atoms with Crippen LogP contribution in [0, 0.1) is 0 Å². The van der Waals surface area contributed by atoms with Gasteiger partial charge in [0, 0.05) is 51.4 Å². The van der Waals surface area contributed by atoms with Crippen LogP contribution < -0.4 is 20.9 Å². The molecule has 0 atom stereocenters. The Kier molecular flexibility index (Phi) is 8.61. The van der Waals surface area contributed by atoms with Gasteiger partial charge in [-0.25, -0.2) is 4.79 Å². The van der Waals surface area contributed by atoms with E-state index in [1.54, 1.807) is 17.7 Å². The van der Waals surface area contributed by atoms with Gasteiger partial charge in [0.2, 0.25) is 0 Å². The summed E-state index contributed by atoms with van der Waals surface area (Å²) in [7, 11) is 3.22. The van der Waals surface area contributed by atoms with E-state index in [1.807, 2.05) is 24.3 Å². The van der Waals surface area contributed by atoms with Gasteiger partial charge in [0.1, 0.15) is 11.6 Å². The van der Waals surface area contributed by atoms with E-state index >= 15 is 0 Å². The minimum Gasteiger partial charge on any atom is -0.494 e. The molecule has 1 aromatic carbocycles. The number of rotatable bonds is 7. The maximum Gasteiger partial charge on any atom is 0.332 e. The third kappa shape index (κ3) is 6.01. The summed E-state index contributed by atoms with van der Waals surface area (Å²) in [6, 6.07) is 8.96. The Morgan fingerprint density at radius 2 is 1.62 bits per heavy atom. The molecule has 1 aromatic heterocycles. The van der Waals surface area contributed by atoms with Gasteiger partial charge in [0.05, 0.1) is 6.61 Å². The third-order valence-corrected chi connectivity index (χ3v) is 5.40. The second-order valence-electron chi connectivity index (χ2n) is 7.08. The molecule has 1 aliphatic heterocycles. The number of ether oxygens (including phenoxy) is 1. The van der Waals surface area contributed by atoms with Gasteiger partial charge < -0.3 is 9.64 Å². The minimum absolute atomic E-state index is 0. The van der Waals surface area contributed by atoms with Crippen molar-refractivity contribution < 1.29 is 4.74 Å². The van der Waals surface area contributed by atoms with E-state index in [9.17, 15) is 9.59 Å². The monoisotopic (exact) mass is 442 g/mol. The number of unbranched alkanes of at least 4 members (excludes halogenated alkanes) is 1. The summed E-state index contributed by atoms with van der Waals surface area (Å²) < 4.78 is 8.40. The molecule has 0 saturated carbocycles. The molecule has 0 amide bonds. The zero-order valence-electron chi connectivity index (χ0n) is 16.8. The quantitative estimate of drug-likeness (QED) is 0.614. The summed E-state index contributed by atoms with van der Waals surface area (Å²) in [6.07, 6.45) is 2.06. The predicted molar refractivity (Wildman–Crippen MR) is 119 cm³/mol. The summed E-state index contributed by atoms with van der Waals surface area (Å²) in [5.41, 5.74) is -0.549. The number of halogens is 2. The second-order valence-corrected chi connectivity index (χ2v) is 7.52. The van der Waals surface area contributed by atoms with Crippen LogP contribution in [0.4, 0.5) is 5.82 Å². The average molecular weight is 443 g/mol. The van der Waals surface area contributed by atoms with E-state index in [-0.39, 0.29) is 23.7 Å². The average Bonchev–Trinajstić information content (AvgIpc) is 2.71. The first-order chi connectivity index (χ1) is 13.5. The molecule has 2 aromatic rings. The molecule has 0 spiro atoms. The summed E-state index contributed by atoms with van der Waals surface area (Å²) in [4.78, 5) is 28.6. The van der Waals surface area contributed by atoms with Crippen molar-refractivity contribution >= 4 is 29.8 Å². The molecule has 0 aliphatic carbocycles. The highest BCUT2D eigenvalue weighted by Gasteiger charge is 2.19. The maximum atomic E-state index is 12.1. The lowest BCUT2D eigenvalue weighted by atomic mass is 10.2. The molecule has 0 radical (unpaired) electrons. The van der Waals surface area contributed by atoms with Crippen molar-refractivity contribution in [3.05, 3.63) is 56.2 Å². The second kappa shape index (κ2) is 10.7. The molecule has 0 bridgehead atoms. The summed E-state index contributed by atoms with van der Waals surface area (Å²) in [5, 5.41) is 0.711. The number of aromatic nitrogens is 2. The largest absolute Gasteiger partial charge is 0.494 e. The van der Waals surface area contributed by atoms with Gasteiger partial charge in [-0.1, -0.05) is 11.6 Å². The van der Waals surface area contributed by atoms with Crippen molar-refractivity contribution in [2.45, 2.75) is 12.8 Å². The lowest BCUT2D eigenvalue weighted by molar-refractivity contribution is 0.237. The van der Waals surface area contributed by atoms with Crippen LogP contribution in [0.1, 0.15) is 12.8 Å². The Balaban J connectivity index is 0.00000300. The molecule has 2 heterocycles. The number of benzene rings is 1. The van der Waals surface area contributed by atoms with Gasteiger partial charge >= 0.3 is 5.69 Å². The molecule has 160 valence electrons. The van der Waals surface area contributed by atoms with Crippen LogP contribution in [0.5, 0.6) is 5.75 Å². The van der Waals surface area contributed by atoms with Gasteiger partial charge in [0.25, 0.3) is 5.56 Å². The van der Waals surface area contributed by atoms with E-state index in [0.29, 0.717) is 17.4 Å². The number of hydrogen-bond acceptors (Lipinski definition) is 5. The number of hydrogen-bond donors (Lipinski definition) is 0. The van der Waals surface area contributed by atoms with Crippen LogP contribution in [0.25, 0.3) is 0 Å². The fourth-order valence-electron chi connectivity index (χ4n) is 3.38. The SMILES string of the molecule is Cl.Cn1c(N2CCN(CCCCOc3ccc(Cl)cc3)CC2)cc(=O)n(C)c1=O. The molecular weight excluding hydrogens is 415 g/mol. The van der Waals surface area contributed by atoms with Gasteiger partial charge in [-0.05, 0) is 43.7 Å². The Bertz CT molecular complexity index is 903. The molecule has 3 rings (SSSR count). The fourth-order valence-corrected chi connectivity index (χ4v) is 3.51. The van der Waals surface area contributed by atoms with Crippen LogP contribution >= 0.6 is 24.0 Å². The summed E-state index contributed by atoms with van der Waals surface area (Å²) in [6.45, 7) is 5.16. The van der Waals surface area contributed by atoms with Crippen molar-refractivity contribution in [3.8, 4) is 5.75 Å². The van der Waals surface area contributed by atoms with Crippen molar-refractivity contribution in [2.75, 3.05) is 44.2 Å². The van der Waals surface area contributed by atoms with E-state index < -0.39 is 0 Å². The molecule has 1 saturated heterocycles. The fraction of sp³-hybridized carbons (Fsp3) is 0.500. The summed E-state index contributed by atoms with van der Waals surface area (Å²) in [5.74, 6) is 1.54. The lowest BCUT2D eigenvalue weighted by Gasteiger charge is -2.36. The van der Waals surface area contributed by atoms with Crippen molar-refractivity contribution in [3.63, 3.8) is 0 Å². The van der Waals surface area contributed by atoms with Crippen molar-refractivity contribution in [1.82, 2.24) is 14.0 Å². The first-order valence-corrected chi connectivity index (χ1v) is 9.96. The number of anilines is 1.